The Kier molecular flexibility index (Phi) is 4.98. The number of methoxy groups -OCH3 is 1. The minimum Gasteiger partial charge on any atom is -0.497 e. The standard InChI is InChI=1S/C21H19N3O2S/c1-15-8-10-17(11-9-15)24-20(19-7-4-12-26-19)22-23-21(24)27-14-16-5-3-6-18(13-16)25-2/h3-13H,14H2,1-2H3. The molecule has 0 aliphatic rings. The van der Waals surface area contributed by atoms with Gasteiger partial charge in [0.25, 0.3) is 0 Å². The molecule has 4 rings (SSSR count). The topological polar surface area (TPSA) is 53.1 Å². The van der Waals surface area contributed by atoms with Crippen LogP contribution in [0, 0.1) is 6.92 Å². The summed E-state index contributed by atoms with van der Waals surface area (Å²) in [6.45, 7) is 2.07. The Morgan fingerprint density at radius 2 is 1.89 bits per heavy atom. The molecule has 27 heavy (non-hydrogen) atoms. The zero-order chi connectivity index (χ0) is 18.6. The number of thioether (sulfide) groups is 1. The van der Waals surface area contributed by atoms with Crippen molar-refractivity contribution in [2.24, 2.45) is 0 Å². The van der Waals surface area contributed by atoms with Crippen LogP contribution in [0.4, 0.5) is 0 Å². The molecule has 2 heterocycles. The Hall–Kier alpha value is -2.99. The molecule has 2 aromatic carbocycles. The molecule has 0 aliphatic heterocycles. The van der Waals surface area contributed by atoms with Crippen LogP contribution in [0.1, 0.15) is 11.1 Å². The van der Waals surface area contributed by atoms with Crippen molar-refractivity contribution in [3.8, 4) is 23.0 Å². The van der Waals surface area contributed by atoms with Crippen molar-refractivity contribution >= 4 is 11.8 Å². The Morgan fingerprint density at radius 1 is 1.04 bits per heavy atom. The Bertz CT molecular complexity index is 1020. The van der Waals surface area contributed by atoms with Crippen molar-refractivity contribution < 1.29 is 9.15 Å². The van der Waals surface area contributed by atoms with Crippen LogP contribution in [0.15, 0.2) is 76.5 Å². The van der Waals surface area contributed by atoms with E-state index in [0.29, 0.717) is 11.6 Å². The lowest BCUT2D eigenvalue weighted by atomic mass is 10.2. The van der Waals surface area contributed by atoms with Gasteiger partial charge in [-0.25, -0.2) is 0 Å². The van der Waals surface area contributed by atoms with Gasteiger partial charge in [-0.05, 0) is 48.9 Å². The third-order valence-corrected chi connectivity index (χ3v) is 5.17. The average molecular weight is 377 g/mol. The lowest BCUT2D eigenvalue weighted by molar-refractivity contribution is 0.414. The second kappa shape index (κ2) is 7.72. The van der Waals surface area contributed by atoms with Crippen molar-refractivity contribution in [2.45, 2.75) is 17.8 Å². The molecule has 0 spiro atoms. The van der Waals surface area contributed by atoms with E-state index in [-0.39, 0.29) is 0 Å². The van der Waals surface area contributed by atoms with Crippen molar-refractivity contribution in [3.05, 3.63) is 78.1 Å². The van der Waals surface area contributed by atoms with Crippen LogP contribution in [0.2, 0.25) is 0 Å². The van der Waals surface area contributed by atoms with Gasteiger partial charge >= 0.3 is 0 Å². The molecule has 0 atom stereocenters. The number of benzene rings is 2. The SMILES string of the molecule is COc1cccc(CSc2nnc(-c3ccco3)n2-c2ccc(C)cc2)c1. The van der Waals surface area contributed by atoms with Gasteiger partial charge in [0.05, 0.1) is 13.4 Å². The highest BCUT2D eigenvalue weighted by atomic mass is 32.2. The molecule has 0 N–H and O–H groups in total. The van der Waals surface area contributed by atoms with Crippen LogP contribution in [0.5, 0.6) is 5.75 Å². The van der Waals surface area contributed by atoms with E-state index in [1.165, 1.54) is 5.56 Å². The normalized spacial score (nSPS) is 10.9. The first-order valence-corrected chi connectivity index (χ1v) is 9.55. The molecular weight excluding hydrogens is 358 g/mol. The predicted molar refractivity (Wildman–Crippen MR) is 106 cm³/mol. The average Bonchev–Trinajstić information content (AvgIpc) is 3.37. The van der Waals surface area contributed by atoms with Crippen LogP contribution in [-0.2, 0) is 5.75 Å². The number of furan rings is 1. The zero-order valence-corrected chi connectivity index (χ0v) is 15.9. The first-order valence-electron chi connectivity index (χ1n) is 8.56. The summed E-state index contributed by atoms with van der Waals surface area (Å²) >= 11 is 1.63. The largest absolute Gasteiger partial charge is 0.497 e. The van der Waals surface area contributed by atoms with Crippen LogP contribution in [0.3, 0.4) is 0 Å². The lowest BCUT2D eigenvalue weighted by Gasteiger charge is -2.10. The monoisotopic (exact) mass is 377 g/mol. The molecule has 5 nitrogen and oxygen atoms in total. The summed E-state index contributed by atoms with van der Waals surface area (Å²) in [5, 5.41) is 9.60. The fourth-order valence-corrected chi connectivity index (χ4v) is 3.66. The van der Waals surface area contributed by atoms with E-state index in [4.69, 9.17) is 9.15 Å². The summed E-state index contributed by atoms with van der Waals surface area (Å²) in [5.41, 5.74) is 3.37. The van der Waals surface area contributed by atoms with E-state index < -0.39 is 0 Å². The van der Waals surface area contributed by atoms with Crippen LogP contribution >= 0.6 is 11.8 Å². The molecule has 0 bridgehead atoms. The number of hydrogen-bond acceptors (Lipinski definition) is 5. The number of nitrogens with zero attached hydrogens (tertiary/aromatic N) is 3. The summed E-state index contributed by atoms with van der Waals surface area (Å²) < 4.78 is 12.9. The van der Waals surface area contributed by atoms with Crippen molar-refractivity contribution in [1.82, 2.24) is 14.8 Å². The second-order valence-corrected chi connectivity index (χ2v) is 7.04. The van der Waals surface area contributed by atoms with Crippen molar-refractivity contribution in [2.75, 3.05) is 7.11 Å². The minimum absolute atomic E-state index is 0.691. The first-order chi connectivity index (χ1) is 13.2. The fourth-order valence-electron chi connectivity index (χ4n) is 2.77. The number of rotatable bonds is 6. The highest BCUT2D eigenvalue weighted by Gasteiger charge is 2.18. The number of ether oxygens (including phenoxy) is 1. The zero-order valence-electron chi connectivity index (χ0n) is 15.1. The smallest absolute Gasteiger partial charge is 0.205 e. The molecular formula is C21H19N3O2S. The van der Waals surface area contributed by atoms with Crippen molar-refractivity contribution in [3.63, 3.8) is 0 Å². The van der Waals surface area contributed by atoms with E-state index in [1.54, 1.807) is 25.1 Å². The molecule has 0 radical (unpaired) electrons. The first kappa shape index (κ1) is 17.4. The maximum Gasteiger partial charge on any atom is 0.205 e. The third kappa shape index (κ3) is 3.75. The molecule has 0 unspecified atom stereocenters. The summed E-state index contributed by atoms with van der Waals surface area (Å²) in [7, 11) is 1.68. The molecule has 0 saturated carbocycles. The number of hydrogen-bond donors (Lipinski definition) is 0. The minimum atomic E-state index is 0.691. The molecule has 6 heteroatoms. The summed E-state index contributed by atoms with van der Waals surface area (Å²) in [5.74, 6) is 3.00. The maximum absolute atomic E-state index is 5.56. The van der Waals surface area contributed by atoms with Gasteiger partial charge in [0, 0.05) is 11.4 Å². The third-order valence-electron chi connectivity index (χ3n) is 4.17. The van der Waals surface area contributed by atoms with E-state index in [9.17, 15) is 0 Å². The van der Waals surface area contributed by atoms with Gasteiger partial charge in [-0.1, -0.05) is 41.6 Å². The van der Waals surface area contributed by atoms with Crippen LogP contribution < -0.4 is 4.74 Å². The molecule has 0 aliphatic carbocycles. The van der Waals surface area contributed by atoms with Gasteiger partial charge in [0.2, 0.25) is 5.82 Å². The number of aryl methyl sites for hydroxylation is 1. The van der Waals surface area contributed by atoms with Gasteiger partial charge in [0.15, 0.2) is 10.9 Å². The molecule has 0 fully saturated rings. The highest BCUT2D eigenvalue weighted by Crippen LogP contribution is 2.30. The van der Waals surface area contributed by atoms with Gasteiger partial charge in [-0.3, -0.25) is 4.57 Å². The quantitative estimate of drug-likeness (QED) is 0.436. The summed E-state index contributed by atoms with van der Waals surface area (Å²) in [6.07, 6.45) is 1.65. The van der Waals surface area contributed by atoms with E-state index in [2.05, 4.69) is 47.5 Å². The second-order valence-electron chi connectivity index (χ2n) is 6.09. The van der Waals surface area contributed by atoms with Crippen LogP contribution in [0.25, 0.3) is 17.3 Å². The van der Waals surface area contributed by atoms with E-state index >= 15 is 0 Å². The number of aromatic nitrogens is 3. The molecule has 2 aromatic heterocycles. The van der Waals surface area contributed by atoms with E-state index in [0.717, 1.165) is 27.9 Å². The highest BCUT2D eigenvalue weighted by molar-refractivity contribution is 7.98. The molecule has 136 valence electrons. The maximum atomic E-state index is 5.56. The Morgan fingerprint density at radius 3 is 2.63 bits per heavy atom. The Labute approximate surface area is 162 Å². The van der Waals surface area contributed by atoms with E-state index in [1.807, 2.05) is 34.9 Å². The predicted octanol–water partition coefficient (Wildman–Crippen LogP) is 5.14. The summed E-state index contributed by atoms with van der Waals surface area (Å²) in [4.78, 5) is 0. The van der Waals surface area contributed by atoms with Gasteiger partial charge < -0.3 is 9.15 Å². The Balaban J connectivity index is 1.68. The summed E-state index contributed by atoms with van der Waals surface area (Å²) in [6, 6.07) is 20.1. The van der Waals surface area contributed by atoms with Crippen molar-refractivity contribution in [1.29, 1.82) is 0 Å². The van der Waals surface area contributed by atoms with Gasteiger partial charge in [-0.15, -0.1) is 10.2 Å². The fraction of sp³-hybridized carbons (Fsp3) is 0.143. The molecule has 0 saturated heterocycles. The lowest BCUT2D eigenvalue weighted by Crippen LogP contribution is -1.99. The van der Waals surface area contributed by atoms with Gasteiger partial charge in [-0.2, -0.15) is 0 Å². The van der Waals surface area contributed by atoms with Gasteiger partial charge in [0.1, 0.15) is 5.75 Å². The molecule has 4 aromatic rings. The van der Waals surface area contributed by atoms with Crippen LogP contribution in [-0.4, -0.2) is 21.9 Å². The molecule has 0 amide bonds.